The molecule has 1 aromatic carbocycles. The Morgan fingerprint density at radius 1 is 1.40 bits per heavy atom. The van der Waals surface area contributed by atoms with Crippen LogP contribution < -0.4 is 5.73 Å². The second-order valence-electron chi connectivity index (χ2n) is 6.15. The van der Waals surface area contributed by atoms with Gasteiger partial charge < -0.3 is 5.73 Å². The summed E-state index contributed by atoms with van der Waals surface area (Å²) in [7, 11) is 0. The van der Waals surface area contributed by atoms with Crippen molar-refractivity contribution < 1.29 is 0 Å². The third-order valence-electron chi connectivity index (χ3n) is 4.20. The molecule has 1 fully saturated rings. The topological polar surface area (TPSA) is 26.0 Å². The van der Waals surface area contributed by atoms with Crippen LogP contribution in [-0.2, 0) is 6.42 Å². The molecule has 0 amide bonds. The molecule has 0 spiro atoms. The zero-order valence-corrected chi connectivity index (χ0v) is 15.0. The molecule has 0 aromatic heterocycles. The first kappa shape index (κ1) is 16.4. The molecule has 3 unspecified atom stereocenters. The van der Waals surface area contributed by atoms with Crippen LogP contribution in [-0.4, -0.2) is 11.3 Å². The maximum atomic E-state index is 6.04. The van der Waals surface area contributed by atoms with E-state index in [0.29, 0.717) is 0 Å². The minimum absolute atomic E-state index is 0.277. The Morgan fingerprint density at radius 2 is 2.20 bits per heavy atom. The summed E-state index contributed by atoms with van der Waals surface area (Å²) in [6, 6.07) is 7.05. The van der Waals surface area contributed by atoms with E-state index in [1.165, 1.54) is 40.6 Å². The van der Waals surface area contributed by atoms with Crippen LogP contribution >= 0.6 is 27.7 Å². The van der Waals surface area contributed by atoms with Crippen molar-refractivity contribution in [3.63, 3.8) is 0 Å². The molecule has 0 aliphatic heterocycles. The predicted molar refractivity (Wildman–Crippen MR) is 93.4 cm³/mol. The third-order valence-corrected chi connectivity index (χ3v) is 6.49. The Kier molecular flexibility index (Phi) is 6.44. The molecule has 1 saturated carbocycles. The van der Waals surface area contributed by atoms with Crippen molar-refractivity contribution in [1.82, 2.24) is 0 Å². The van der Waals surface area contributed by atoms with Gasteiger partial charge in [-0.05, 0) is 65.2 Å². The van der Waals surface area contributed by atoms with Crippen molar-refractivity contribution in [3.8, 4) is 0 Å². The molecule has 112 valence electrons. The second-order valence-corrected chi connectivity index (χ2v) is 8.35. The second kappa shape index (κ2) is 7.86. The van der Waals surface area contributed by atoms with E-state index in [-0.39, 0.29) is 6.04 Å². The van der Waals surface area contributed by atoms with Crippen molar-refractivity contribution in [2.75, 3.05) is 0 Å². The highest BCUT2D eigenvalue weighted by Crippen LogP contribution is 2.39. The van der Waals surface area contributed by atoms with Gasteiger partial charge in [0, 0.05) is 20.7 Å². The number of hydrogen-bond acceptors (Lipinski definition) is 2. The Bertz CT molecular complexity index is 435. The van der Waals surface area contributed by atoms with Gasteiger partial charge in [-0.25, -0.2) is 0 Å². The maximum Gasteiger partial charge on any atom is 0.0314 e. The molecule has 3 heteroatoms. The third kappa shape index (κ3) is 4.78. The first-order valence-electron chi connectivity index (χ1n) is 7.79. The number of benzene rings is 1. The van der Waals surface area contributed by atoms with E-state index >= 15 is 0 Å². The van der Waals surface area contributed by atoms with Gasteiger partial charge in [-0.2, -0.15) is 0 Å². The van der Waals surface area contributed by atoms with Crippen LogP contribution in [0.2, 0.25) is 0 Å². The Balaban J connectivity index is 1.98. The Labute approximate surface area is 136 Å². The zero-order valence-electron chi connectivity index (χ0n) is 12.6. The highest BCUT2D eigenvalue weighted by Gasteiger charge is 2.20. The molecule has 1 aromatic rings. The summed E-state index contributed by atoms with van der Waals surface area (Å²) in [4.78, 5) is 1.39. The zero-order chi connectivity index (χ0) is 14.5. The number of hydrogen-bond donors (Lipinski definition) is 1. The van der Waals surface area contributed by atoms with Crippen LogP contribution in [0.15, 0.2) is 27.6 Å². The maximum absolute atomic E-state index is 6.04. The summed E-state index contributed by atoms with van der Waals surface area (Å²) >= 11 is 5.79. The van der Waals surface area contributed by atoms with Crippen LogP contribution in [0.5, 0.6) is 0 Å². The van der Waals surface area contributed by atoms with E-state index < -0.39 is 0 Å². The molecular weight excluding hydrogens is 330 g/mol. The molecule has 2 N–H and O–H groups in total. The summed E-state index contributed by atoms with van der Waals surface area (Å²) in [6.45, 7) is 4.53. The Hall–Kier alpha value is 0.01000. The highest BCUT2D eigenvalue weighted by atomic mass is 79.9. The fourth-order valence-electron chi connectivity index (χ4n) is 2.88. The lowest BCUT2D eigenvalue weighted by molar-refractivity contribution is 0.394. The predicted octanol–water partition coefficient (Wildman–Crippen LogP) is 5.40. The average Bonchev–Trinajstić information content (AvgIpc) is 2.42. The van der Waals surface area contributed by atoms with Gasteiger partial charge in [0.2, 0.25) is 0 Å². The molecule has 3 atom stereocenters. The van der Waals surface area contributed by atoms with Gasteiger partial charge in [0.1, 0.15) is 0 Å². The van der Waals surface area contributed by atoms with Crippen LogP contribution in [0.1, 0.15) is 51.5 Å². The minimum Gasteiger partial charge on any atom is -0.327 e. The number of halogens is 1. The molecular formula is C17H26BrNS. The standard InChI is InChI=1S/C17H26BrNS/c1-3-14(19)10-13-7-8-17(16(18)11-13)20-15-6-4-5-12(2)9-15/h7-8,11-12,14-15H,3-6,9-10,19H2,1-2H3. The normalized spacial score (nSPS) is 24.6. The van der Waals surface area contributed by atoms with Gasteiger partial charge in [0.25, 0.3) is 0 Å². The number of thioether (sulfide) groups is 1. The molecule has 0 radical (unpaired) electrons. The van der Waals surface area contributed by atoms with Gasteiger partial charge in [-0.3, -0.25) is 0 Å². The van der Waals surface area contributed by atoms with E-state index in [4.69, 9.17) is 5.73 Å². The van der Waals surface area contributed by atoms with E-state index in [2.05, 4.69) is 59.7 Å². The van der Waals surface area contributed by atoms with E-state index in [0.717, 1.165) is 24.0 Å². The number of rotatable bonds is 5. The molecule has 0 saturated heterocycles. The van der Waals surface area contributed by atoms with Crippen molar-refractivity contribution in [2.24, 2.45) is 11.7 Å². The van der Waals surface area contributed by atoms with Crippen LogP contribution in [0.4, 0.5) is 0 Å². The largest absolute Gasteiger partial charge is 0.327 e. The minimum atomic E-state index is 0.277. The molecule has 1 nitrogen and oxygen atoms in total. The summed E-state index contributed by atoms with van der Waals surface area (Å²) in [5.74, 6) is 0.891. The molecule has 0 heterocycles. The first-order chi connectivity index (χ1) is 9.58. The van der Waals surface area contributed by atoms with Crippen molar-refractivity contribution >= 4 is 27.7 Å². The fourth-order valence-corrected chi connectivity index (χ4v) is 4.97. The van der Waals surface area contributed by atoms with Crippen molar-refractivity contribution in [2.45, 2.75) is 68.6 Å². The van der Waals surface area contributed by atoms with Gasteiger partial charge >= 0.3 is 0 Å². The van der Waals surface area contributed by atoms with Gasteiger partial charge in [0.15, 0.2) is 0 Å². The highest BCUT2D eigenvalue weighted by molar-refractivity contribution is 9.10. The summed E-state index contributed by atoms with van der Waals surface area (Å²) < 4.78 is 1.24. The first-order valence-corrected chi connectivity index (χ1v) is 9.46. The lowest BCUT2D eigenvalue weighted by atomic mass is 9.91. The Morgan fingerprint density at radius 3 is 2.85 bits per heavy atom. The van der Waals surface area contributed by atoms with Crippen LogP contribution in [0.25, 0.3) is 0 Å². The van der Waals surface area contributed by atoms with E-state index in [1.807, 2.05) is 0 Å². The van der Waals surface area contributed by atoms with Crippen molar-refractivity contribution in [1.29, 1.82) is 0 Å². The molecule has 2 rings (SSSR count). The fraction of sp³-hybridized carbons (Fsp3) is 0.647. The lowest BCUT2D eigenvalue weighted by Crippen LogP contribution is -2.21. The van der Waals surface area contributed by atoms with Gasteiger partial charge in [-0.15, -0.1) is 11.8 Å². The van der Waals surface area contributed by atoms with Crippen LogP contribution in [0, 0.1) is 5.92 Å². The molecule has 20 heavy (non-hydrogen) atoms. The summed E-state index contributed by atoms with van der Waals surface area (Å²) in [6.07, 6.45) is 7.53. The van der Waals surface area contributed by atoms with Gasteiger partial charge in [0.05, 0.1) is 0 Å². The average molecular weight is 356 g/mol. The summed E-state index contributed by atoms with van der Waals surface area (Å²) in [5, 5.41) is 0.791. The quantitative estimate of drug-likeness (QED) is 0.764. The summed E-state index contributed by atoms with van der Waals surface area (Å²) in [5.41, 5.74) is 7.38. The monoisotopic (exact) mass is 355 g/mol. The van der Waals surface area contributed by atoms with E-state index in [1.54, 1.807) is 0 Å². The molecule has 1 aliphatic rings. The molecule has 0 bridgehead atoms. The number of nitrogens with two attached hydrogens (primary N) is 1. The van der Waals surface area contributed by atoms with Crippen LogP contribution in [0.3, 0.4) is 0 Å². The van der Waals surface area contributed by atoms with Crippen molar-refractivity contribution in [3.05, 3.63) is 28.2 Å². The lowest BCUT2D eigenvalue weighted by Gasteiger charge is -2.26. The molecule has 1 aliphatic carbocycles. The smallest absolute Gasteiger partial charge is 0.0314 e. The SMILES string of the molecule is CCC(N)Cc1ccc(SC2CCCC(C)C2)c(Br)c1. The van der Waals surface area contributed by atoms with Gasteiger partial charge in [-0.1, -0.05) is 32.8 Å². The van der Waals surface area contributed by atoms with E-state index in [9.17, 15) is 0 Å².